The van der Waals surface area contributed by atoms with E-state index >= 15 is 0 Å². The Morgan fingerprint density at radius 1 is 1.33 bits per heavy atom. The summed E-state index contributed by atoms with van der Waals surface area (Å²) in [4.78, 5) is 57.5. The second-order valence-electron chi connectivity index (χ2n) is 6.78. The lowest BCUT2D eigenvalue weighted by Gasteiger charge is -2.50. The molecular formula is C17H16F3N5O6S2. The molecule has 11 nitrogen and oxygen atoms in total. The number of halogens is 3. The summed E-state index contributed by atoms with van der Waals surface area (Å²) in [6, 6.07) is -1.07. The van der Waals surface area contributed by atoms with Crippen LogP contribution in [0.5, 0.6) is 0 Å². The third kappa shape index (κ3) is 4.66. The molecule has 1 saturated heterocycles. The molecule has 3 atom stereocenters. The number of carbonyl (C=O) groups is 4. The van der Waals surface area contributed by atoms with Crippen molar-refractivity contribution >= 4 is 57.6 Å². The van der Waals surface area contributed by atoms with E-state index in [1.165, 1.54) is 17.1 Å². The molecule has 0 aromatic carbocycles. The van der Waals surface area contributed by atoms with Gasteiger partial charge in [0.1, 0.15) is 29.9 Å². The zero-order chi connectivity index (χ0) is 24.7. The number of hydrogen-bond acceptors (Lipinski definition) is 9. The highest BCUT2D eigenvalue weighted by Crippen LogP contribution is 2.43. The van der Waals surface area contributed by atoms with Gasteiger partial charge in [0, 0.05) is 10.6 Å². The largest absolute Gasteiger partial charge is 0.477 e. The Morgan fingerprint density at radius 2 is 2.00 bits per heavy atom. The van der Waals surface area contributed by atoms with Crippen molar-refractivity contribution in [3.05, 3.63) is 22.3 Å². The number of alkyl halides is 3. The smallest absolute Gasteiger partial charge is 0.471 e. The molecule has 3 heterocycles. The molecule has 3 rings (SSSR count). The third-order valence-electron chi connectivity index (χ3n) is 4.72. The van der Waals surface area contributed by atoms with Gasteiger partial charge in [-0.3, -0.25) is 24.6 Å². The van der Waals surface area contributed by atoms with Gasteiger partial charge in [-0.25, -0.2) is 9.78 Å². The summed E-state index contributed by atoms with van der Waals surface area (Å²) in [6.07, 6.45) is -5.13. The van der Waals surface area contributed by atoms with Gasteiger partial charge < -0.3 is 15.3 Å². The zero-order valence-corrected chi connectivity index (χ0v) is 18.7. The van der Waals surface area contributed by atoms with Gasteiger partial charge in [-0.2, -0.15) is 13.2 Å². The van der Waals surface area contributed by atoms with Crippen LogP contribution in [-0.2, 0) is 24.0 Å². The first-order chi connectivity index (χ1) is 15.4. The van der Waals surface area contributed by atoms with E-state index in [1.807, 2.05) is 0 Å². The van der Waals surface area contributed by atoms with Crippen molar-refractivity contribution < 1.29 is 42.3 Å². The number of carboxylic acid groups (broad SMARTS) is 1. The summed E-state index contributed by atoms with van der Waals surface area (Å²) in [5.41, 5.74) is -0.282. The van der Waals surface area contributed by atoms with Crippen LogP contribution in [0.25, 0.3) is 0 Å². The van der Waals surface area contributed by atoms with Crippen LogP contribution in [0.1, 0.15) is 19.5 Å². The van der Waals surface area contributed by atoms with Crippen LogP contribution in [-0.4, -0.2) is 74.3 Å². The van der Waals surface area contributed by atoms with Crippen LogP contribution in [0, 0.1) is 0 Å². The molecule has 0 bridgehead atoms. The quantitative estimate of drug-likeness (QED) is 0.295. The van der Waals surface area contributed by atoms with Gasteiger partial charge in [0.05, 0.1) is 0 Å². The third-order valence-corrected chi connectivity index (χ3v) is 7.00. The Morgan fingerprint density at radius 3 is 2.58 bits per heavy atom. The minimum atomic E-state index is -5.13. The minimum Gasteiger partial charge on any atom is -0.477 e. The second kappa shape index (κ2) is 9.01. The number of rotatable bonds is 6. The van der Waals surface area contributed by atoms with Gasteiger partial charge in [0.2, 0.25) is 0 Å². The molecule has 2 aliphatic heterocycles. The van der Waals surface area contributed by atoms with Crippen LogP contribution in [0.15, 0.2) is 21.8 Å². The standard InChI is InChI=1S/C17H16F3N5O6S2/c1-5-6(2)33-13-9(12(27)25(13)10(5)14(28)29)22-11(26)8(24-31-3)7-4-32-16(21-7)23-15(30)17(18,19)20/h4,6,9,13H,1-3H3,(H,22,26)(H,28,29)(H,21,23,30)/b24-8+. The maximum Gasteiger partial charge on any atom is 0.471 e. The van der Waals surface area contributed by atoms with Crippen molar-refractivity contribution in [1.82, 2.24) is 15.2 Å². The Bertz CT molecular complexity index is 1090. The molecule has 3 N–H and O–H groups in total. The van der Waals surface area contributed by atoms with E-state index in [0.717, 1.165) is 12.0 Å². The van der Waals surface area contributed by atoms with Crippen LogP contribution in [0.4, 0.5) is 18.3 Å². The second-order valence-corrected chi connectivity index (χ2v) is 9.10. The fourth-order valence-corrected chi connectivity index (χ4v) is 5.15. The van der Waals surface area contributed by atoms with Gasteiger partial charge in [-0.15, -0.1) is 23.1 Å². The first-order valence-electron chi connectivity index (χ1n) is 9.05. The number of thioether (sulfide) groups is 1. The molecule has 0 saturated carbocycles. The number of aromatic nitrogens is 1. The Hall–Kier alpha value is -3.14. The molecule has 16 heteroatoms. The molecule has 3 unspecified atom stereocenters. The highest BCUT2D eigenvalue weighted by molar-refractivity contribution is 8.00. The molecule has 1 aromatic rings. The zero-order valence-electron chi connectivity index (χ0n) is 17.1. The Balaban J connectivity index is 1.77. The van der Waals surface area contributed by atoms with Crippen molar-refractivity contribution in [1.29, 1.82) is 0 Å². The van der Waals surface area contributed by atoms with E-state index in [9.17, 15) is 37.5 Å². The molecule has 0 aliphatic carbocycles. The first-order valence-corrected chi connectivity index (χ1v) is 10.9. The SMILES string of the molecule is CO/N=C(/C(=O)NC1C(=O)N2C(C(=O)O)=C(C)C(C)SC12)c1csc(NC(=O)C(F)(F)F)n1. The summed E-state index contributed by atoms with van der Waals surface area (Å²) in [5.74, 6) is -5.07. The van der Waals surface area contributed by atoms with Gasteiger partial charge >= 0.3 is 18.1 Å². The first kappa shape index (κ1) is 24.5. The number of oxime groups is 1. The van der Waals surface area contributed by atoms with E-state index in [2.05, 4.69) is 20.3 Å². The van der Waals surface area contributed by atoms with Gasteiger partial charge in [0.15, 0.2) is 10.8 Å². The average molecular weight is 507 g/mol. The van der Waals surface area contributed by atoms with E-state index in [4.69, 9.17) is 0 Å². The molecule has 178 valence electrons. The van der Waals surface area contributed by atoms with Crippen molar-refractivity contribution in [3.8, 4) is 0 Å². The molecule has 1 aromatic heterocycles. The maximum atomic E-state index is 12.8. The molecule has 2 aliphatic rings. The number of nitrogens with one attached hydrogen (secondary N) is 2. The number of hydrogen-bond donors (Lipinski definition) is 3. The van der Waals surface area contributed by atoms with Crippen molar-refractivity contribution in [2.45, 2.75) is 36.7 Å². The van der Waals surface area contributed by atoms with Crippen LogP contribution in [0.2, 0.25) is 0 Å². The number of carboxylic acids is 1. The molecular weight excluding hydrogens is 491 g/mol. The minimum absolute atomic E-state index is 0.142. The van der Waals surface area contributed by atoms with Gasteiger partial charge in [-0.05, 0) is 19.4 Å². The average Bonchev–Trinajstić information content (AvgIpc) is 3.18. The van der Waals surface area contributed by atoms with Gasteiger partial charge in [0.25, 0.3) is 11.8 Å². The summed E-state index contributed by atoms with van der Waals surface area (Å²) in [5, 5.41) is 16.8. The van der Waals surface area contributed by atoms with E-state index < -0.39 is 52.1 Å². The summed E-state index contributed by atoms with van der Waals surface area (Å²) >= 11 is 1.90. The highest BCUT2D eigenvalue weighted by atomic mass is 32.2. The lowest BCUT2D eigenvalue weighted by molar-refractivity contribution is -0.167. The summed E-state index contributed by atoms with van der Waals surface area (Å²) in [6.45, 7) is 3.38. The van der Waals surface area contributed by atoms with E-state index in [1.54, 1.807) is 19.2 Å². The fourth-order valence-electron chi connectivity index (χ4n) is 3.05. The van der Waals surface area contributed by atoms with Gasteiger partial charge in [-0.1, -0.05) is 5.16 Å². The predicted molar refractivity (Wildman–Crippen MR) is 110 cm³/mol. The van der Waals surface area contributed by atoms with Crippen LogP contribution < -0.4 is 10.6 Å². The maximum absolute atomic E-state index is 12.8. The van der Waals surface area contributed by atoms with Crippen molar-refractivity contribution in [2.24, 2.45) is 5.16 Å². The molecule has 0 spiro atoms. The predicted octanol–water partition coefficient (Wildman–Crippen LogP) is 1.14. The fraction of sp³-hybridized carbons (Fsp3) is 0.412. The number of carbonyl (C=O) groups excluding carboxylic acids is 3. The molecule has 33 heavy (non-hydrogen) atoms. The normalized spacial score (nSPS) is 23.0. The number of thiazole rings is 1. The molecule has 1 fully saturated rings. The highest BCUT2D eigenvalue weighted by Gasteiger charge is 2.55. The summed E-state index contributed by atoms with van der Waals surface area (Å²) < 4.78 is 37.3. The van der Waals surface area contributed by atoms with Crippen LogP contribution >= 0.6 is 23.1 Å². The van der Waals surface area contributed by atoms with Crippen molar-refractivity contribution in [2.75, 3.05) is 12.4 Å². The number of aliphatic carboxylic acids is 1. The summed E-state index contributed by atoms with van der Waals surface area (Å²) in [7, 11) is 1.12. The number of β-lactam (4-membered cyclic amide) rings is 1. The lowest BCUT2D eigenvalue weighted by Crippen LogP contribution is -2.71. The Kier molecular flexibility index (Phi) is 6.69. The van der Waals surface area contributed by atoms with Crippen molar-refractivity contribution in [3.63, 3.8) is 0 Å². The molecule has 3 amide bonds. The lowest BCUT2D eigenvalue weighted by atomic mass is 10.0. The molecule has 0 radical (unpaired) electrons. The monoisotopic (exact) mass is 507 g/mol. The number of anilines is 1. The topological polar surface area (TPSA) is 150 Å². The van der Waals surface area contributed by atoms with E-state index in [0.29, 0.717) is 16.9 Å². The Labute approximate surface area is 192 Å². The number of fused-ring (bicyclic) bond motifs is 1. The number of nitrogens with zero attached hydrogens (tertiary/aromatic N) is 3. The number of amides is 3. The van der Waals surface area contributed by atoms with E-state index in [-0.39, 0.29) is 16.6 Å². The van der Waals surface area contributed by atoms with Crippen LogP contribution in [0.3, 0.4) is 0 Å².